The fourth-order valence-corrected chi connectivity index (χ4v) is 2.20. The van der Waals surface area contributed by atoms with Gasteiger partial charge in [0.1, 0.15) is 0 Å². The molecular weight excluding hydrogens is 238 g/mol. The Morgan fingerprint density at radius 2 is 1.75 bits per heavy atom. The van der Waals surface area contributed by atoms with Crippen LogP contribution in [0.4, 0.5) is 0 Å². The van der Waals surface area contributed by atoms with E-state index in [0.29, 0.717) is 5.92 Å². The largest absolute Gasteiger partial charge is 0.324 e. The highest BCUT2D eigenvalue weighted by atomic mass is 35.5. The summed E-state index contributed by atoms with van der Waals surface area (Å²) in [6.07, 6.45) is 1.13. The van der Waals surface area contributed by atoms with Crippen LogP contribution in [0.2, 0.25) is 0 Å². The molecule has 0 aliphatic heterocycles. The minimum Gasteiger partial charge on any atom is -0.324 e. The van der Waals surface area contributed by atoms with Crippen LogP contribution in [-0.4, -0.2) is 5.75 Å². The normalized spacial score (nSPS) is 14.0. The molecule has 0 aliphatic rings. The van der Waals surface area contributed by atoms with Gasteiger partial charge >= 0.3 is 0 Å². The summed E-state index contributed by atoms with van der Waals surface area (Å²) in [6, 6.07) is 8.84. The van der Waals surface area contributed by atoms with E-state index >= 15 is 0 Å². The first-order valence-electron chi connectivity index (χ1n) is 5.67. The van der Waals surface area contributed by atoms with E-state index < -0.39 is 0 Å². The minimum atomic E-state index is 0. The van der Waals surface area contributed by atoms with Crippen LogP contribution < -0.4 is 5.73 Å². The van der Waals surface area contributed by atoms with Gasteiger partial charge in [0.15, 0.2) is 0 Å². The molecule has 1 nitrogen and oxygen atoms in total. The van der Waals surface area contributed by atoms with E-state index in [1.165, 1.54) is 10.5 Å². The van der Waals surface area contributed by atoms with Crippen molar-refractivity contribution in [2.45, 2.75) is 38.1 Å². The fourth-order valence-electron chi connectivity index (χ4n) is 1.54. The molecule has 3 heteroatoms. The van der Waals surface area contributed by atoms with E-state index in [1.54, 1.807) is 0 Å². The molecule has 1 aromatic carbocycles. The Kier molecular flexibility index (Phi) is 7.90. The summed E-state index contributed by atoms with van der Waals surface area (Å²) in [7, 11) is 0. The van der Waals surface area contributed by atoms with E-state index in [4.69, 9.17) is 5.73 Å². The lowest BCUT2D eigenvalue weighted by Gasteiger charge is -2.18. The first kappa shape index (κ1) is 15.8. The number of benzene rings is 1. The molecule has 2 atom stereocenters. The van der Waals surface area contributed by atoms with Gasteiger partial charge in [-0.25, -0.2) is 0 Å². The van der Waals surface area contributed by atoms with Crippen molar-refractivity contribution >= 4 is 24.2 Å². The van der Waals surface area contributed by atoms with Crippen molar-refractivity contribution in [2.75, 3.05) is 5.75 Å². The number of hydrogen-bond acceptors (Lipinski definition) is 2. The van der Waals surface area contributed by atoms with Crippen LogP contribution in [0.15, 0.2) is 29.2 Å². The molecule has 16 heavy (non-hydrogen) atoms. The lowest BCUT2D eigenvalue weighted by atomic mass is 9.93. The van der Waals surface area contributed by atoms with Crippen LogP contribution in [0.25, 0.3) is 0 Å². The maximum absolute atomic E-state index is 6.17. The summed E-state index contributed by atoms with van der Waals surface area (Å²) in [4.78, 5) is 1.33. The molecule has 0 saturated carbocycles. The van der Waals surface area contributed by atoms with Crippen LogP contribution in [0.1, 0.15) is 38.8 Å². The van der Waals surface area contributed by atoms with E-state index in [2.05, 4.69) is 45.0 Å². The van der Waals surface area contributed by atoms with Gasteiger partial charge in [-0.1, -0.05) is 39.3 Å². The molecule has 0 saturated heterocycles. The highest BCUT2D eigenvalue weighted by Gasteiger charge is 2.12. The Hall–Kier alpha value is -0.180. The van der Waals surface area contributed by atoms with E-state index in [9.17, 15) is 0 Å². The van der Waals surface area contributed by atoms with E-state index in [-0.39, 0.29) is 18.4 Å². The van der Waals surface area contributed by atoms with Gasteiger partial charge in [0.25, 0.3) is 0 Å². The molecule has 0 radical (unpaired) electrons. The van der Waals surface area contributed by atoms with E-state index in [0.717, 1.165) is 12.2 Å². The average molecular weight is 260 g/mol. The minimum absolute atomic E-state index is 0. The summed E-state index contributed by atoms with van der Waals surface area (Å²) < 4.78 is 0. The van der Waals surface area contributed by atoms with Crippen LogP contribution >= 0.6 is 24.2 Å². The van der Waals surface area contributed by atoms with Crippen molar-refractivity contribution in [2.24, 2.45) is 11.7 Å². The summed E-state index contributed by atoms with van der Waals surface area (Å²) >= 11 is 1.87. The zero-order chi connectivity index (χ0) is 11.3. The number of thioether (sulfide) groups is 1. The van der Waals surface area contributed by atoms with Crippen molar-refractivity contribution in [1.29, 1.82) is 0 Å². The molecule has 0 aromatic heterocycles. The highest BCUT2D eigenvalue weighted by molar-refractivity contribution is 7.99. The molecule has 0 aliphatic carbocycles. The summed E-state index contributed by atoms with van der Waals surface area (Å²) in [5.74, 6) is 1.67. The second kappa shape index (κ2) is 7.99. The van der Waals surface area contributed by atoms with Gasteiger partial charge in [0.2, 0.25) is 0 Å². The molecule has 0 fully saturated rings. The number of nitrogens with two attached hydrogens (primary N) is 1. The average Bonchev–Trinajstić information content (AvgIpc) is 2.28. The molecule has 1 unspecified atom stereocenters. The van der Waals surface area contributed by atoms with Gasteiger partial charge in [-0.15, -0.1) is 24.2 Å². The van der Waals surface area contributed by atoms with Gasteiger partial charge in [0.05, 0.1) is 0 Å². The first-order chi connectivity index (χ1) is 7.19. The third kappa shape index (κ3) is 4.36. The molecular formula is C13H22ClNS. The van der Waals surface area contributed by atoms with Gasteiger partial charge in [-0.3, -0.25) is 0 Å². The lowest BCUT2D eigenvalue weighted by Crippen LogP contribution is -2.18. The Morgan fingerprint density at radius 1 is 1.19 bits per heavy atom. The molecule has 0 bridgehead atoms. The number of rotatable bonds is 5. The predicted octanol–water partition coefficient (Wildman–Crippen LogP) is 4.27. The second-order valence-electron chi connectivity index (χ2n) is 3.91. The molecule has 0 heterocycles. The van der Waals surface area contributed by atoms with Gasteiger partial charge in [0, 0.05) is 10.9 Å². The summed E-state index contributed by atoms with van der Waals surface area (Å²) in [6.45, 7) is 6.56. The van der Waals surface area contributed by atoms with Gasteiger partial charge in [-0.05, 0) is 29.4 Å². The third-order valence-electron chi connectivity index (χ3n) is 2.83. The van der Waals surface area contributed by atoms with Crippen molar-refractivity contribution < 1.29 is 0 Å². The molecule has 1 aromatic rings. The zero-order valence-corrected chi connectivity index (χ0v) is 11.9. The lowest BCUT2D eigenvalue weighted by molar-refractivity contribution is 0.456. The standard InChI is InChI=1S/C13H21NS.ClH/c1-4-10(3)13(14)11-6-8-12(9-7-11)15-5-2;/h6-10,13H,4-5,14H2,1-3H3;1H/t10?,13-;/m0./s1. The smallest absolute Gasteiger partial charge is 0.0320 e. The molecule has 1 rings (SSSR count). The zero-order valence-electron chi connectivity index (χ0n) is 10.3. The highest BCUT2D eigenvalue weighted by Crippen LogP contribution is 2.24. The van der Waals surface area contributed by atoms with E-state index in [1.807, 2.05) is 11.8 Å². The Morgan fingerprint density at radius 3 is 2.19 bits per heavy atom. The Balaban J connectivity index is 0.00000225. The maximum Gasteiger partial charge on any atom is 0.0320 e. The topological polar surface area (TPSA) is 26.0 Å². The van der Waals surface area contributed by atoms with Crippen molar-refractivity contribution in [3.63, 3.8) is 0 Å². The second-order valence-corrected chi connectivity index (χ2v) is 5.25. The molecule has 0 amide bonds. The maximum atomic E-state index is 6.17. The molecule has 92 valence electrons. The fraction of sp³-hybridized carbons (Fsp3) is 0.538. The van der Waals surface area contributed by atoms with Crippen molar-refractivity contribution in [1.82, 2.24) is 0 Å². The Labute approximate surface area is 110 Å². The SMILES string of the molecule is CCSc1ccc([C@@H](N)C(C)CC)cc1.Cl. The third-order valence-corrected chi connectivity index (χ3v) is 3.73. The number of halogens is 1. The van der Waals surface area contributed by atoms with Gasteiger partial charge < -0.3 is 5.73 Å². The summed E-state index contributed by atoms with van der Waals surface area (Å²) in [5, 5.41) is 0. The molecule has 2 N–H and O–H groups in total. The summed E-state index contributed by atoms with van der Waals surface area (Å²) in [5.41, 5.74) is 7.42. The van der Waals surface area contributed by atoms with Crippen LogP contribution in [0, 0.1) is 5.92 Å². The van der Waals surface area contributed by atoms with Crippen LogP contribution in [0.3, 0.4) is 0 Å². The van der Waals surface area contributed by atoms with Crippen molar-refractivity contribution in [3.05, 3.63) is 29.8 Å². The van der Waals surface area contributed by atoms with Crippen LogP contribution in [0.5, 0.6) is 0 Å². The van der Waals surface area contributed by atoms with Gasteiger partial charge in [-0.2, -0.15) is 0 Å². The molecule has 0 spiro atoms. The van der Waals surface area contributed by atoms with Crippen LogP contribution in [-0.2, 0) is 0 Å². The number of hydrogen-bond donors (Lipinski definition) is 1. The monoisotopic (exact) mass is 259 g/mol. The first-order valence-corrected chi connectivity index (χ1v) is 6.65. The predicted molar refractivity (Wildman–Crippen MR) is 76.5 cm³/mol. The van der Waals surface area contributed by atoms with Crippen molar-refractivity contribution in [3.8, 4) is 0 Å². The quantitative estimate of drug-likeness (QED) is 0.800. The Bertz CT molecular complexity index is 286.